The first-order valence-electron chi connectivity index (χ1n) is 4.07. The number of rotatable bonds is 1. The highest BCUT2D eigenvalue weighted by Gasteiger charge is 2.81. The van der Waals surface area contributed by atoms with Crippen LogP contribution in [0, 0.1) is 23.7 Å². The SMILES string of the molecule is CC1C(C2C(C)C2(F)F)C1(F)F. The summed E-state index contributed by atoms with van der Waals surface area (Å²) in [6, 6.07) is 0. The van der Waals surface area contributed by atoms with Crippen molar-refractivity contribution >= 4 is 0 Å². The van der Waals surface area contributed by atoms with Crippen LogP contribution in [0.5, 0.6) is 0 Å². The standard InChI is InChI=1S/C8H10F4/c1-3-5(7(3,9)10)6-4(2)8(6,11)12/h3-6H,1-2H3. The minimum Gasteiger partial charge on any atom is -0.206 e. The third-order valence-corrected chi connectivity index (χ3v) is 3.35. The van der Waals surface area contributed by atoms with Gasteiger partial charge >= 0.3 is 0 Å². The second-order valence-corrected chi connectivity index (χ2v) is 3.98. The third-order valence-electron chi connectivity index (χ3n) is 3.35. The first-order chi connectivity index (χ1) is 5.31. The molecule has 0 bridgehead atoms. The lowest BCUT2D eigenvalue weighted by Crippen LogP contribution is -2.01. The van der Waals surface area contributed by atoms with E-state index < -0.39 is 35.5 Å². The average Bonchev–Trinajstić information content (AvgIpc) is 2.55. The molecule has 2 rings (SSSR count). The lowest BCUT2D eigenvalue weighted by molar-refractivity contribution is 0.0527. The van der Waals surface area contributed by atoms with E-state index in [-0.39, 0.29) is 0 Å². The Bertz CT molecular complexity index is 199. The molecule has 0 nitrogen and oxygen atoms in total. The van der Waals surface area contributed by atoms with Crippen molar-refractivity contribution in [2.24, 2.45) is 23.7 Å². The van der Waals surface area contributed by atoms with E-state index in [1.807, 2.05) is 0 Å². The Morgan fingerprint density at radius 3 is 1.00 bits per heavy atom. The second-order valence-electron chi connectivity index (χ2n) is 3.98. The summed E-state index contributed by atoms with van der Waals surface area (Å²) in [4.78, 5) is 0. The van der Waals surface area contributed by atoms with E-state index in [2.05, 4.69) is 0 Å². The highest BCUT2D eigenvalue weighted by atomic mass is 19.3. The van der Waals surface area contributed by atoms with Crippen LogP contribution >= 0.6 is 0 Å². The zero-order chi connectivity index (χ0) is 9.31. The second kappa shape index (κ2) is 1.80. The van der Waals surface area contributed by atoms with Crippen molar-refractivity contribution in [1.82, 2.24) is 0 Å². The number of hydrogen-bond acceptors (Lipinski definition) is 0. The molecule has 2 saturated carbocycles. The zero-order valence-electron chi connectivity index (χ0n) is 6.82. The highest BCUT2D eigenvalue weighted by molar-refractivity contribution is 5.18. The molecule has 12 heavy (non-hydrogen) atoms. The molecule has 0 aromatic rings. The summed E-state index contributed by atoms with van der Waals surface area (Å²) in [5.74, 6) is -9.50. The van der Waals surface area contributed by atoms with Crippen LogP contribution in [0.15, 0.2) is 0 Å². The summed E-state index contributed by atoms with van der Waals surface area (Å²) in [6.45, 7) is 2.68. The van der Waals surface area contributed by atoms with Gasteiger partial charge in [0, 0.05) is 23.7 Å². The summed E-state index contributed by atoms with van der Waals surface area (Å²) >= 11 is 0. The Morgan fingerprint density at radius 2 is 0.917 bits per heavy atom. The average molecular weight is 182 g/mol. The molecule has 2 aliphatic carbocycles. The molecular formula is C8H10F4. The van der Waals surface area contributed by atoms with E-state index in [1.54, 1.807) is 0 Å². The number of hydrogen-bond donors (Lipinski definition) is 0. The Hall–Kier alpha value is -0.280. The molecule has 0 amide bonds. The molecule has 2 fully saturated rings. The molecule has 0 aromatic heterocycles. The van der Waals surface area contributed by atoms with Crippen LogP contribution in [0.1, 0.15) is 13.8 Å². The van der Waals surface area contributed by atoms with Crippen LogP contribution in [-0.4, -0.2) is 11.8 Å². The van der Waals surface area contributed by atoms with Crippen LogP contribution in [0.25, 0.3) is 0 Å². The van der Waals surface area contributed by atoms with Gasteiger partial charge < -0.3 is 0 Å². The van der Waals surface area contributed by atoms with Gasteiger partial charge in [0.25, 0.3) is 11.8 Å². The lowest BCUT2D eigenvalue weighted by Gasteiger charge is -1.93. The molecule has 0 radical (unpaired) electrons. The van der Waals surface area contributed by atoms with E-state index in [4.69, 9.17) is 0 Å². The zero-order valence-corrected chi connectivity index (χ0v) is 6.82. The fourth-order valence-electron chi connectivity index (χ4n) is 2.12. The fraction of sp³-hybridized carbons (Fsp3) is 1.00. The van der Waals surface area contributed by atoms with E-state index in [0.29, 0.717) is 0 Å². The molecule has 0 aliphatic heterocycles. The molecule has 70 valence electrons. The number of alkyl halides is 4. The van der Waals surface area contributed by atoms with Gasteiger partial charge in [-0.15, -0.1) is 0 Å². The molecule has 0 aromatic carbocycles. The topological polar surface area (TPSA) is 0 Å². The van der Waals surface area contributed by atoms with Gasteiger partial charge in [-0.1, -0.05) is 13.8 Å². The summed E-state index contributed by atoms with van der Waals surface area (Å²) in [5, 5.41) is 0. The largest absolute Gasteiger partial charge is 0.254 e. The monoisotopic (exact) mass is 182 g/mol. The molecule has 2 aliphatic rings. The van der Waals surface area contributed by atoms with Gasteiger partial charge in [-0.05, 0) is 0 Å². The Morgan fingerprint density at radius 1 is 0.750 bits per heavy atom. The van der Waals surface area contributed by atoms with Crippen molar-refractivity contribution in [3.63, 3.8) is 0 Å². The molecular weight excluding hydrogens is 172 g/mol. The maximum absolute atomic E-state index is 12.7. The molecule has 0 saturated heterocycles. The maximum atomic E-state index is 12.7. The summed E-state index contributed by atoms with van der Waals surface area (Å²) in [7, 11) is 0. The fourth-order valence-corrected chi connectivity index (χ4v) is 2.12. The predicted octanol–water partition coefficient (Wildman–Crippen LogP) is 2.79. The van der Waals surface area contributed by atoms with Gasteiger partial charge in [-0.25, -0.2) is 17.6 Å². The Balaban J connectivity index is 2.08. The molecule has 4 atom stereocenters. The van der Waals surface area contributed by atoms with Crippen LogP contribution in [-0.2, 0) is 0 Å². The molecule has 4 unspecified atom stereocenters. The van der Waals surface area contributed by atoms with Crippen molar-refractivity contribution in [2.75, 3.05) is 0 Å². The third kappa shape index (κ3) is 0.735. The van der Waals surface area contributed by atoms with Gasteiger partial charge in [0.05, 0.1) is 0 Å². The first-order valence-corrected chi connectivity index (χ1v) is 4.07. The van der Waals surface area contributed by atoms with Gasteiger partial charge in [0.1, 0.15) is 0 Å². The van der Waals surface area contributed by atoms with Crippen LogP contribution in [0.2, 0.25) is 0 Å². The normalized spacial score (nSPS) is 53.5. The van der Waals surface area contributed by atoms with Crippen molar-refractivity contribution in [3.8, 4) is 0 Å². The molecule has 0 spiro atoms. The van der Waals surface area contributed by atoms with E-state index in [1.165, 1.54) is 13.8 Å². The first kappa shape index (κ1) is 8.32. The highest BCUT2D eigenvalue weighted by Crippen LogP contribution is 2.71. The van der Waals surface area contributed by atoms with Gasteiger partial charge in [0.15, 0.2) is 0 Å². The van der Waals surface area contributed by atoms with Crippen LogP contribution < -0.4 is 0 Å². The van der Waals surface area contributed by atoms with E-state index in [9.17, 15) is 17.6 Å². The van der Waals surface area contributed by atoms with E-state index in [0.717, 1.165) is 0 Å². The Kier molecular flexibility index (Phi) is 1.25. The summed E-state index contributed by atoms with van der Waals surface area (Å²) in [6.07, 6.45) is 0. The van der Waals surface area contributed by atoms with Gasteiger partial charge in [-0.3, -0.25) is 0 Å². The van der Waals surface area contributed by atoms with Crippen molar-refractivity contribution in [3.05, 3.63) is 0 Å². The molecule has 0 heterocycles. The van der Waals surface area contributed by atoms with Crippen molar-refractivity contribution in [1.29, 1.82) is 0 Å². The minimum absolute atomic E-state index is 0.849. The van der Waals surface area contributed by atoms with Crippen LogP contribution in [0.4, 0.5) is 17.6 Å². The maximum Gasteiger partial charge on any atom is 0.254 e. The molecule has 4 heteroatoms. The summed E-state index contributed by atoms with van der Waals surface area (Å²) < 4.78 is 50.7. The molecule has 0 N–H and O–H groups in total. The van der Waals surface area contributed by atoms with Crippen molar-refractivity contribution < 1.29 is 17.6 Å². The quantitative estimate of drug-likeness (QED) is 0.547. The van der Waals surface area contributed by atoms with Gasteiger partial charge in [0.2, 0.25) is 0 Å². The predicted molar refractivity (Wildman–Crippen MR) is 35.2 cm³/mol. The summed E-state index contributed by atoms with van der Waals surface area (Å²) in [5.41, 5.74) is 0. The lowest BCUT2D eigenvalue weighted by atomic mass is 10.2. The van der Waals surface area contributed by atoms with E-state index >= 15 is 0 Å². The van der Waals surface area contributed by atoms with Crippen molar-refractivity contribution in [2.45, 2.75) is 25.7 Å². The van der Waals surface area contributed by atoms with Gasteiger partial charge in [-0.2, -0.15) is 0 Å². The number of halogens is 4. The minimum atomic E-state index is -2.83. The van der Waals surface area contributed by atoms with Crippen LogP contribution in [0.3, 0.4) is 0 Å². The smallest absolute Gasteiger partial charge is 0.206 e. The Labute approximate surface area is 67.9 Å².